The van der Waals surface area contributed by atoms with Crippen LogP contribution in [0.1, 0.15) is 5.56 Å². The Morgan fingerprint density at radius 3 is 2.44 bits per heavy atom. The summed E-state index contributed by atoms with van der Waals surface area (Å²) in [6.45, 7) is 1.81. The molecule has 0 atom stereocenters. The second-order valence-corrected chi connectivity index (χ2v) is 4.99. The predicted molar refractivity (Wildman–Crippen MR) is 72.0 cm³/mol. The molecule has 0 aliphatic heterocycles. The van der Waals surface area contributed by atoms with Crippen molar-refractivity contribution in [2.45, 2.75) is 6.92 Å². The molecule has 2 rings (SSSR count). The first-order valence-electron chi connectivity index (χ1n) is 5.32. The minimum atomic E-state index is -1.49. The van der Waals surface area contributed by atoms with Crippen LogP contribution in [-0.4, -0.2) is 15.5 Å². The molecule has 0 saturated carbocycles. The predicted octanol–water partition coefficient (Wildman–Crippen LogP) is 3.88. The van der Waals surface area contributed by atoms with Gasteiger partial charge in [0.2, 0.25) is 11.4 Å². The average molecular weight is 311 g/mol. The summed E-state index contributed by atoms with van der Waals surface area (Å²) in [5.74, 6) is -0.175. The SMILES string of the molecule is Cc1ccc(O)c([N+](O)(O)c2cccc(Br)c2)c1. The van der Waals surface area contributed by atoms with Crippen molar-refractivity contribution >= 4 is 27.3 Å². The molecule has 2 aromatic rings. The summed E-state index contributed by atoms with van der Waals surface area (Å²) in [5.41, 5.74) is 1.06. The standard InChI is InChI=1S/C13H12BrNO3/c1-9-5-6-13(16)12(7-9)15(17,18)11-4-2-3-10(14)8-11/h2-8,17-18H,1H3/p+1. The number of benzene rings is 2. The molecule has 0 radical (unpaired) electrons. The van der Waals surface area contributed by atoms with Crippen molar-refractivity contribution in [1.82, 2.24) is 4.81 Å². The van der Waals surface area contributed by atoms with Crippen LogP contribution in [0, 0.1) is 6.92 Å². The van der Waals surface area contributed by atoms with E-state index in [1.807, 2.05) is 6.92 Å². The molecule has 3 N–H and O–H groups in total. The molecule has 0 aromatic heterocycles. The van der Waals surface area contributed by atoms with E-state index in [0.29, 0.717) is 0 Å². The number of quaternary nitrogens is 1. The Bertz CT molecular complexity index is 584. The van der Waals surface area contributed by atoms with E-state index >= 15 is 0 Å². The van der Waals surface area contributed by atoms with Gasteiger partial charge in [0.1, 0.15) is 0 Å². The Morgan fingerprint density at radius 2 is 1.78 bits per heavy atom. The number of phenolic OH excluding ortho intramolecular Hbond substituents is 1. The number of halogens is 1. The smallest absolute Gasteiger partial charge is 0.247 e. The third kappa shape index (κ3) is 2.39. The zero-order valence-electron chi connectivity index (χ0n) is 9.71. The molecule has 0 amide bonds. The van der Waals surface area contributed by atoms with Gasteiger partial charge in [0.25, 0.3) is 0 Å². The first-order chi connectivity index (χ1) is 8.41. The first kappa shape index (κ1) is 13.0. The van der Waals surface area contributed by atoms with E-state index in [4.69, 9.17) is 0 Å². The van der Waals surface area contributed by atoms with E-state index in [1.54, 1.807) is 30.3 Å². The van der Waals surface area contributed by atoms with Crippen LogP contribution in [0.4, 0.5) is 11.4 Å². The molecule has 0 saturated heterocycles. The minimum absolute atomic E-state index is 0.00750. The summed E-state index contributed by atoms with van der Waals surface area (Å²) >= 11 is 3.27. The van der Waals surface area contributed by atoms with Gasteiger partial charge in [0.05, 0.1) is 0 Å². The molecule has 0 bridgehead atoms. The zero-order valence-corrected chi connectivity index (χ0v) is 11.3. The van der Waals surface area contributed by atoms with Gasteiger partial charge in [0, 0.05) is 27.5 Å². The molecule has 5 heteroatoms. The number of hydrogen-bond acceptors (Lipinski definition) is 3. The Labute approximate surface area is 113 Å². The highest BCUT2D eigenvalue weighted by molar-refractivity contribution is 9.10. The highest BCUT2D eigenvalue weighted by Crippen LogP contribution is 2.38. The lowest BCUT2D eigenvalue weighted by molar-refractivity contribution is -0.245. The van der Waals surface area contributed by atoms with Crippen LogP contribution >= 0.6 is 15.9 Å². The molecule has 18 heavy (non-hydrogen) atoms. The van der Waals surface area contributed by atoms with Crippen molar-refractivity contribution < 1.29 is 15.5 Å². The summed E-state index contributed by atoms with van der Waals surface area (Å²) < 4.78 is 0.720. The molecule has 0 heterocycles. The fourth-order valence-electron chi connectivity index (χ4n) is 1.69. The van der Waals surface area contributed by atoms with Crippen molar-refractivity contribution in [3.63, 3.8) is 0 Å². The summed E-state index contributed by atoms with van der Waals surface area (Å²) in [6.07, 6.45) is 0. The third-order valence-electron chi connectivity index (χ3n) is 2.64. The molecule has 0 spiro atoms. The van der Waals surface area contributed by atoms with Crippen molar-refractivity contribution in [3.8, 4) is 5.75 Å². The zero-order chi connectivity index (χ0) is 13.3. The van der Waals surface area contributed by atoms with E-state index in [9.17, 15) is 15.5 Å². The van der Waals surface area contributed by atoms with Crippen LogP contribution < -0.4 is 4.81 Å². The maximum absolute atomic E-state index is 10.2. The van der Waals surface area contributed by atoms with E-state index in [0.717, 1.165) is 10.0 Å². The van der Waals surface area contributed by atoms with Crippen LogP contribution in [0.2, 0.25) is 0 Å². The number of nitrogens with zero attached hydrogens (tertiary/aromatic N) is 1. The molecule has 94 valence electrons. The van der Waals surface area contributed by atoms with Gasteiger partial charge in [-0.05, 0) is 24.6 Å². The average Bonchev–Trinajstić information content (AvgIpc) is 2.32. The minimum Gasteiger partial charge on any atom is -0.503 e. The van der Waals surface area contributed by atoms with Gasteiger partial charge in [0.15, 0.2) is 5.75 Å². The summed E-state index contributed by atoms with van der Waals surface area (Å²) in [5, 5.41) is 30.2. The Morgan fingerprint density at radius 1 is 1.06 bits per heavy atom. The summed E-state index contributed by atoms with van der Waals surface area (Å²) in [4.78, 5) is -1.49. The molecular formula is C13H13BrNO3+. The summed E-state index contributed by atoms with van der Waals surface area (Å²) in [6, 6.07) is 11.2. The van der Waals surface area contributed by atoms with Crippen molar-refractivity contribution in [3.05, 3.63) is 52.5 Å². The maximum Gasteiger partial charge on any atom is 0.247 e. The highest BCUT2D eigenvalue weighted by atomic mass is 79.9. The lowest BCUT2D eigenvalue weighted by atomic mass is 10.2. The van der Waals surface area contributed by atoms with Gasteiger partial charge in [-0.2, -0.15) is 10.4 Å². The Hall–Kier alpha value is -1.40. The second-order valence-electron chi connectivity index (χ2n) is 4.07. The largest absolute Gasteiger partial charge is 0.503 e. The van der Waals surface area contributed by atoms with Crippen LogP contribution in [0.5, 0.6) is 5.75 Å². The lowest BCUT2D eigenvalue weighted by Crippen LogP contribution is -2.36. The van der Waals surface area contributed by atoms with Crippen LogP contribution in [0.15, 0.2) is 46.9 Å². The van der Waals surface area contributed by atoms with Crippen LogP contribution in [0.25, 0.3) is 0 Å². The Balaban J connectivity index is 2.57. The summed E-state index contributed by atoms with van der Waals surface area (Å²) in [7, 11) is 0. The van der Waals surface area contributed by atoms with Crippen molar-refractivity contribution in [2.24, 2.45) is 0 Å². The van der Waals surface area contributed by atoms with Crippen molar-refractivity contribution in [2.75, 3.05) is 0 Å². The van der Waals surface area contributed by atoms with Gasteiger partial charge < -0.3 is 5.11 Å². The molecular weight excluding hydrogens is 298 g/mol. The van der Waals surface area contributed by atoms with E-state index in [2.05, 4.69) is 15.9 Å². The van der Waals surface area contributed by atoms with Crippen LogP contribution in [-0.2, 0) is 0 Å². The van der Waals surface area contributed by atoms with E-state index in [-0.39, 0.29) is 17.1 Å². The van der Waals surface area contributed by atoms with Gasteiger partial charge >= 0.3 is 0 Å². The van der Waals surface area contributed by atoms with Crippen molar-refractivity contribution in [1.29, 1.82) is 0 Å². The van der Waals surface area contributed by atoms with E-state index in [1.165, 1.54) is 12.1 Å². The molecule has 4 nitrogen and oxygen atoms in total. The number of rotatable bonds is 2. The molecule has 0 fully saturated rings. The second kappa shape index (κ2) is 4.70. The van der Waals surface area contributed by atoms with Gasteiger partial charge in [-0.15, -0.1) is 0 Å². The quantitative estimate of drug-likeness (QED) is 0.582. The molecule has 0 aliphatic rings. The Kier molecular flexibility index (Phi) is 3.41. The highest BCUT2D eigenvalue weighted by Gasteiger charge is 2.34. The number of aromatic hydroxyl groups is 1. The van der Waals surface area contributed by atoms with Gasteiger partial charge in [-0.3, -0.25) is 0 Å². The number of phenols is 1. The molecule has 0 unspecified atom stereocenters. The third-order valence-corrected chi connectivity index (χ3v) is 3.13. The fourth-order valence-corrected chi connectivity index (χ4v) is 2.08. The van der Waals surface area contributed by atoms with Gasteiger partial charge in [-0.1, -0.05) is 28.1 Å². The first-order valence-corrected chi connectivity index (χ1v) is 6.11. The van der Waals surface area contributed by atoms with E-state index < -0.39 is 4.81 Å². The normalized spacial score (nSPS) is 11.6. The topological polar surface area (TPSA) is 60.7 Å². The number of hydrogen-bond donors (Lipinski definition) is 3. The van der Waals surface area contributed by atoms with Crippen LogP contribution in [0.3, 0.4) is 0 Å². The molecule has 0 aliphatic carbocycles. The lowest BCUT2D eigenvalue weighted by Gasteiger charge is -2.21. The molecule has 2 aromatic carbocycles. The van der Waals surface area contributed by atoms with Gasteiger partial charge in [-0.25, -0.2) is 0 Å². The fraction of sp³-hybridized carbons (Fsp3) is 0.0769. The number of aryl methyl sites for hydroxylation is 1. The maximum atomic E-state index is 10.2. The monoisotopic (exact) mass is 310 g/mol.